The van der Waals surface area contributed by atoms with Crippen LogP contribution in [0.2, 0.25) is 0 Å². The highest BCUT2D eigenvalue weighted by Gasteiger charge is 2.24. The molecule has 1 fully saturated rings. The Morgan fingerprint density at radius 3 is 2.60 bits per heavy atom. The van der Waals surface area contributed by atoms with Gasteiger partial charge in [-0.25, -0.2) is 18.1 Å². The number of nitrogens with one attached hydrogen (secondary N) is 3. The zero-order chi connectivity index (χ0) is 21.1. The van der Waals surface area contributed by atoms with Crippen molar-refractivity contribution in [3.8, 4) is 0 Å². The van der Waals surface area contributed by atoms with Crippen LogP contribution in [0.25, 0.3) is 11.0 Å². The van der Waals surface area contributed by atoms with E-state index in [1.165, 1.54) is 6.20 Å². The molecule has 2 heterocycles. The van der Waals surface area contributed by atoms with Crippen LogP contribution in [0.5, 0.6) is 0 Å². The Kier molecular flexibility index (Phi) is 5.80. The van der Waals surface area contributed by atoms with E-state index in [9.17, 15) is 13.2 Å². The molecule has 3 aromatic rings. The molecule has 1 saturated carbocycles. The average molecular weight is 429 g/mol. The summed E-state index contributed by atoms with van der Waals surface area (Å²) in [6, 6.07) is 8.30. The third-order valence-corrected chi connectivity index (χ3v) is 6.87. The first-order valence-corrected chi connectivity index (χ1v) is 11.3. The Labute approximate surface area is 174 Å². The first-order chi connectivity index (χ1) is 14.4. The highest BCUT2D eigenvalue weighted by molar-refractivity contribution is 7.89. The van der Waals surface area contributed by atoms with E-state index >= 15 is 0 Å². The fraction of sp³-hybridized carbons (Fsp3) is 0.350. The number of benzene rings is 1. The molecule has 0 bridgehead atoms. The van der Waals surface area contributed by atoms with Gasteiger partial charge in [-0.2, -0.15) is 5.10 Å². The van der Waals surface area contributed by atoms with Crippen LogP contribution in [0, 0.1) is 0 Å². The van der Waals surface area contributed by atoms with Gasteiger partial charge in [0.15, 0.2) is 5.65 Å². The number of nitrogens with zero attached hydrogens (tertiary/aromatic N) is 2. The quantitative estimate of drug-likeness (QED) is 0.468. The van der Waals surface area contributed by atoms with E-state index in [1.54, 1.807) is 36.5 Å². The molecule has 0 radical (unpaired) electrons. The average Bonchev–Trinajstić information content (AvgIpc) is 3.22. The number of rotatable bonds is 6. The first-order valence-electron chi connectivity index (χ1n) is 9.85. The van der Waals surface area contributed by atoms with E-state index in [1.807, 2.05) is 0 Å². The maximum Gasteiger partial charge on any atom is 0.253 e. The van der Waals surface area contributed by atoms with Gasteiger partial charge in [0.1, 0.15) is 0 Å². The molecule has 0 aliphatic heterocycles. The van der Waals surface area contributed by atoms with Gasteiger partial charge in [-0.15, -0.1) is 0 Å². The predicted molar refractivity (Wildman–Crippen MR) is 112 cm³/mol. The number of hydrogen-bond donors (Lipinski definition) is 4. The SMILES string of the molecule is NC1CCC(NS(=O)(=O)c2ccc(CNC(=O)c3cnc4[nH]ncc4c3)cc2)CC1. The fourth-order valence-corrected chi connectivity index (χ4v) is 4.86. The van der Waals surface area contributed by atoms with Gasteiger partial charge in [0.25, 0.3) is 5.91 Å². The van der Waals surface area contributed by atoms with Crippen LogP contribution in [0.3, 0.4) is 0 Å². The van der Waals surface area contributed by atoms with Gasteiger partial charge in [0.05, 0.1) is 16.7 Å². The van der Waals surface area contributed by atoms with Crippen molar-refractivity contribution in [2.45, 2.75) is 49.2 Å². The van der Waals surface area contributed by atoms with Crippen LogP contribution in [0.4, 0.5) is 0 Å². The van der Waals surface area contributed by atoms with Gasteiger partial charge >= 0.3 is 0 Å². The summed E-state index contributed by atoms with van der Waals surface area (Å²) in [5.41, 5.74) is 7.72. The van der Waals surface area contributed by atoms with Gasteiger partial charge in [0.2, 0.25) is 10.0 Å². The Morgan fingerprint density at radius 1 is 1.13 bits per heavy atom. The van der Waals surface area contributed by atoms with Crippen molar-refractivity contribution < 1.29 is 13.2 Å². The second-order valence-electron chi connectivity index (χ2n) is 7.59. The highest BCUT2D eigenvalue weighted by atomic mass is 32.2. The monoisotopic (exact) mass is 428 g/mol. The number of carbonyl (C=O) groups is 1. The van der Waals surface area contributed by atoms with Gasteiger partial charge in [-0.05, 0) is 49.4 Å². The zero-order valence-corrected chi connectivity index (χ0v) is 17.2. The predicted octanol–water partition coefficient (Wildman–Crippen LogP) is 1.44. The molecule has 1 aliphatic rings. The lowest BCUT2D eigenvalue weighted by molar-refractivity contribution is 0.0950. The molecule has 158 valence electrons. The Balaban J connectivity index is 1.35. The van der Waals surface area contributed by atoms with Crippen LogP contribution in [-0.2, 0) is 16.6 Å². The summed E-state index contributed by atoms with van der Waals surface area (Å²) in [7, 11) is -3.58. The molecule has 0 unspecified atom stereocenters. The van der Waals surface area contributed by atoms with Gasteiger partial charge in [-0.3, -0.25) is 9.89 Å². The molecule has 1 aliphatic carbocycles. The number of pyridine rings is 1. The summed E-state index contributed by atoms with van der Waals surface area (Å²) < 4.78 is 28.0. The summed E-state index contributed by atoms with van der Waals surface area (Å²) in [4.78, 5) is 16.7. The van der Waals surface area contributed by atoms with Gasteiger partial charge in [0, 0.05) is 30.2 Å². The minimum Gasteiger partial charge on any atom is -0.348 e. The number of fused-ring (bicyclic) bond motifs is 1. The topological polar surface area (TPSA) is 143 Å². The molecule has 0 saturated heterocycles. The Bertz CT molecular complexity index is 1130. The summed E-state index contributed by atoms with van der Waals surface area (Å²) >= 11 is 0. The Hall–Kier alpha value is -2.82. The van der Waals surface area contributed by atoms with Crippen molar-refractivity contribution in [1.82, 2.24) is 25.2 Å². The number of sulfonamides is 1. The van der Waals surface area contributed by atoms with Crippen LogP contribution >= 0.6 is 0 Å². The van der Waals surface area contributed by atoms with Gasteiger partial charge < -0.3 is 11.1 Å². The van der Waals surface area contributed by atoms with Crippen molar-refractivity contribution in [3.63, 3.8) is 0 Å². The molecule has 9 nitrogen and oxygen atoms in total. The molecule has 0 spiro atoms. The number of H-pyrrole nitrogens is 1. The largest absolute Gasteiger partial charge is 0.348 e. The zero-order valence-electron chi connectivity index (χ0n) is 16.3. The van der Waals surface area contributed by atoms with Crippen LogP contribution in [0.1, 0.15) is 41.6 Å². The smallest absolute Gasteiger partial charge is 0.253 e. The van der Waals surface area contributed by atoms with E-state index in [0.717, 1.165) is 36.6 Å². The number of hydrogen-bond acceptors (Lipinski definition) is 6. The number of carbonyl (C=O) groups excluding carboxylic acids is 1. The maximum atomic E-state index is 12.6. The lowest BCUT2D eigenvalue weighted by atomic mass is 9.93. The molecular weight excluding hydrogens is 404 g/mol. The highest BCUT2D eigenvalue weighted by Crippen LogP contribution is 2.20. The number of aromatic amines is 1. The van der Waals surface area contributed by atoms with Crippen molar-refractivity contribution in [3.05, 3.63) is 53.9 Å². The second-order valence-corrected chi connectivity index (χ2v) is 9.31. The van der Waals surface area contributed by atoms with Crippen molar-refractivity contribution >= 4 is 27.0 Å². The van der Waals surface area contributed by atoms with Crippen molar-refractivity contribution in [2.75, 3.05) is 0 Å². The number of nitrogens with two attached hydrogens (primary N) is 1. The lowest BCUT2D eigenvalue weighted by Gasteiger charge is -2.26. The second kappa shape index (κ2) is 8.50. The summed E-state index contributed by atoms with van der Waals surface area (Å²) in [6.07, 6.45) is 6.25. The molecule has 1 amide bonds. The molecule has 2 aromatic heterocycles. The van der Waals surface area contributed by atoms with E-state index in [4.69, 9.17) is 5.73 Å². The van der Waals surface area contributed by atoms with Crippen molar-refractivity contribution in [2.24, 2.45) is 5.73 Å². The third-order valence-electron chi connectivity index (χ3n) is 5.33. The third kappa shape index (κ3) is 4.66. The minimum absolute atomic E-state index is 0.0741. The normalized spacial score (nSPS) is 19.6. The molecule has 4 rings (SSSR count). The maximum absolute atomic E-state index is 12.6. The molecule has 30 heavy (non-hydrogen) atoms. The molecule has 10 heteroatoms. The summed E-state index contributed by atoms with van der Waals surface area (Å²) in [5.74, 6) is -0.264. The van der Waals surface area contributed by atoms with Crippen LogP contribution in [0.15, 0.2) is 47.6 Å². The molecule has 5 N–H and O–H groups in total. The van der Waals surface area contributed by atoms with E-state index in [-0.39, 0.29) is 29.4 Å². The van der Waals surface area contributed by atoms with Crippen molar-refractivity contribution in [1.29, 1.82) is 0 Å². The standard InChI is InChI=1S/C20H24N6O3S/c21-16-3-5-17(6-4-16)26-30(28,29)18-7-1-13(2-8-18)10-23-20(27)15-9-14-12-24-25-19(14)22-11-15/h1-2,7-9,11-12,16-17,26H,3-6,10,21H2,(H,23,27)(H,22,24,25). The molecule has 0 atom stereocenters. The molecule has 1 aromatic carbocycles. The van der Waals surface area contributed by atoms with E-state index in [0.29, 0.717) is 11.2 Å². The fourth-order valence-electron chi connectivity index (χ4n) is 3.56. The molecular formula is C20H24N6O3S. The summed E-state index contributed by atoms with van der Waals surface area (Å²) in [5, 5.41) is 10.2. The van der Waals surface area contributed by atoms with Crippen LogP contribution in [-0.4, -0.2) is 41.6 Å². The van der Waals surface area contributed by atoms with Gasteiger partial charge in [-0.1, -0.05) is 12.1 Å². The summed E-state index contributed by atoms with van der Waals surface area (Å²) in [6.45, 7) is 0.274. The van der Waals surface area contributed by atoms with Crippen LogP contribution < -0.4 is 15.8 Å². The number of amides is 1. The van der Waals surface area contributed by atoms with E-state index < -0.39 is 10.0 Å². The Morgan fingerprint density at radius 2 is 1.87 bits per heavy atom. The number of aromatic nitrogens is 3. The minimum atomic E-state index is -3.58. The first kappa shape index (κ1) is 20.5. The van der Waals surface area contributed by atoms with E-state index in [2.05, 4.69) is 25.2 Å². The lowest BCUT2D eigenvalue weighted by Crippen LogP contribution is -2.40.